The molecular weight excluding hydrogens is 264 g/mol. The molecule has 0 fully saturated rings. The van der Waals surface area contributed by atoms with Crippen LogP contribution in [-0.4, -0.2) is 11.9 Å². The van der Waals surface area contributed by atoms with E-state index >= 15 is 0 Å². The largest absolute Gasteiger partial charge is 0.308 e. The minimum atomic E-state index is 0.299. The van der Waals surface area contributed by atoms with Crippen molar-refractivity contribution in [1.82, 2.24) is 5.32 Å². The predicted octanol–water partition coefficient (Wildman–Crippen LogP) is 4.35. The maximum Gasteiger partial charge on any atom is 0.0465 e. The van der Waals surface area contributed by atoms with Gasteiger partial charge in [-0.1, -0.05) is 43.1 Å². The summed E-state index contributed by atoms with van der Waals surface area (Å²) in [5.41, 5.74) is 1.04. The molecule has 1 rings (SSSR count). The van der Waals surface area contributed by atoms with Crippen LogP contribution in [-0.2, 0) is 6.54 Å². The molecule has 0 aliphatic rings. The Morgan fingerprint density at radius 1 is 1.25 bits per heavy atom. The normalized spacial score (nSPS) is 13.1. The fourth-order valence-electron chi connectivity index (χ4n) is 1.37. The molecule has 4 heteroatoms. The number of nitrogens with one attached hydrogen (secondary N) is 1. The Labute approximate surface area is 112 Å². The fourth-order valence-corrected chi connectivity index (χ4v) is 2.32. The highest BCUT2D eigenvalue weighted by Crippen LogP contribution is 2.21. The molecule has 0 heterocycles. The van der Waals surface area contributed by atoms with E-state index in [1.165, 1.54) is 0 Å². The summed E-state index contributed by atoms with van der Waals surface area (Å²) in [5.74, 6) is 1.10. The maximum atomic E-state index is 6.08. The van der Waals surface area contributed by atoms with Gasteiger partial charge >= 0.3 is 0 Å². The maximum absolute atomic E-state index is 6.08. The lowest BCUT2D eigenvalue weighted by Crippen LogP contribution is -2.34. The molecule has 0 radical (unpaired) electrons. The third kappa shape index (κ3) is 4.14. The molecule has 1 N–H and O–H groups in total. The fraction of sp³-hybridized carbons (Fsp3) is 0.500. The van der Waals surface area contributed by atoms with E-state index in [9.17, 15) is 0 Å². The SMILES string of the molecule is CC(C)C(CCl)NCc1ccc(Cl)cc1Cl. The standard InChI is InChI=1S/C12H16Cl3N/c1-8(2)12(6-13)16-7-9-3-4-10(14)5-11(9)15/h3-5,8,12,16H,6-7H2,1-2H3. The van der Waals surface area contributed by atoms with E-state index in [1.807, 2.05) is 12.1 Å². The molecule has 90 valence electrons. The van der Waals surface area contributed by atoms with Gasteiger partial charge in [0.25, 0.3) is 0 Å². The molecule has 0 aromatic heterocycles. The average molecular weight is 281 g/mol. The summed E-state index contributed by atoms with van der Waals surface area (Å²) in [6.07, 6.45) is 0. The highest BCUT2D eigenvalue weighted by molar-refractivity contribution is 6.35. The molecule has 1 atom stereocenters. The van der Waals surface area contributed by atoms with E-state index in [1.54, 1.807) is 6.07 Å². The number of benzene rings is 1. The summed E-state index contributed by atoms with van der Waals surface area (Å²) in [6, 6.07) is 5.83. The molecule has 0 amide bonds. The Balaban J connectivity index is 2.60. The van der Waals surface area contributed by atoms with E-state index in [0.29, 0.717) is 34.4 Å². The van der Waals surface area contributed by atoms with Crippen molar-refractivity contribution in [3.05, 3.63) is 33.8 Å². The summed E-state index contributed by atoms with van der Waals surface area (Å²) in [7, 11) is 0. The van der Waals surface area contributed by atoms with Gasteiger partial charge in [-0.15, -0.1) is 11.6 Å². The minimum absolute atomic E-state index is 0.299. The van der Waals surface area contributed by atoms with Crippen LogP contribution in [0.15, 0.2) is 18.2 Å². The Kier molecular flexibility index (Phi) is 5.91. The van der Waals surface area contributed by atoms with Crippen LogP contribution >= 0.6 is 34.8 Å². The molecule has 16 heavy (non-hydrogen) atoms. The van der Waals surface area contributed by atoms with Crippen molar-refractivity contribution in [3.8, 4) is 0 Å². The minimum Gasteiger partial charge on any atom is -0.308 e. The van der Waals surface area contributed by atoms with Gasteiger partial charge in [0.1, 0.15) is 0 Å². The topological polar surface area (TPSA) is 12.0 Å². The molecule has 1 nitrogen and oxygen atoms in total. The summed E-state index contributed by atoms with van der Waals surface area (Å²) < 4.78 is 0. The van der Waals surface area contributed by atoms with Crippen LogP contribution in [0.2, 0.25) is 10.0 Å². The van der Waals surface area contributed by atoms with Crippen LogP contribution in [0.4, 0.5) is 0 Å². The first-order valence-electron chi connectivity index (χ1n) is 5.28. The quantitative estimate of drug-likeness (QED) is 0.791. The molecule has 0 aliphatic heterocycles. The molecule has 0 aliphatic carbocycles. The van der Waals surface area contributed by atoms with Gasteiger partial charge < -0.3 is 5.32 Å². The molecule has 1 aromatic carbocycles. The lowest BCUT2D eigenvalue weighted by atomic mass is 10.1. The molecule has 0 saturated carbocycles. The van der Waals surface area contributed by atoms with Gasteiger partial charge in [-0.05, 0) is 23.6 Å². The Morgan fingerprint density at radius 2 is 1.94 bits per heavy atom. The second-order valence-electron chi connectivity index (χ2n) is 4.12. The van der Waals surface area contributed by atoms with Crippen molar-refractivity contribution >= 4 is 34.8 Å². The van der Waals surface area contributed by atoms with Crippen molar-refractivity contribution in [3.63, 3.8) is 0 Å². The molecule has 0 bridgehead atoms. The van der Waals surface area contributed by atoms with Crippen LogP contribution in [0, 0.1) is 5.92 Å². The number of hydrogen-bond acceptors (Lipinski definition) is 1. The lowest BCUT2D eigenvalue weighted by Gasteiger charge is -2.20. The third-order valence-corrected chi connectivity index (χ3v) is 3.46. The first kappa shape index (κ1) is 14.1. The van der Waals surface area contributed by atoms with Crippen molar-refractivity contribution in [2.45, 2.75) is 26.4 Å². The van der Waals surface area contributed by atoms with E-state index < -0.39 is 0 Å². The first-order valence-corrected chi connectivity index (χ1v) is 6.57. The van der Waals surface area contributed by atoms with Crippen LogP contribution in [0.25, 0.3) is 0 Å². The molecule has 1 unspecified atom stereocenters. The zero-order valence-corrected chi connectivity index (χ0v) is 11.7. The Hall–Kier alpha value is 0.0500. The molecule has 0 spiro atoms. The summed E-state index contributed by atoms with van der Waals surface area (Å²) >= 11 is 17.8. The van der Waals surface area contributed by atoms with Crippen LogP contribution in [0.3, 0.4) is 0 Å². The van der Waals surface area contributed by atoms with E-state index in [4.69, 9.17) is 34.8 Å². The van der Waals surface area contributed by atoms with E-state index in [-0.39, 0.29) is 0 Å². The van der Waals surface area contributed by atoms with Crippen molar-refractivity contribution in [1.29, 1.82) is 0 Å². The van der Waals surface area contributed by atoms with Gasteiger partial charge in [0, 0.05) is 28.5 Å². The zero-order valence-electron chi connectivity index (χ0n) is 9.43. The zero-order chi connectivity index (χ0) is 12.1. The summed E-state index contributed by atoms with van der Waals surface area (Å²) in [4.78, 5) is 0. The van der Waals surface area contributed by atoms with Crippen molar-refractivity contribution in [2.24, 2.45) is 5.92 Å². The Bertz CT molecular complexity index is 339. The number of rotatable bonds is 5. The summed E-state index contributed by atoms with van der Waals surface area (Å²) in [6.45, 7) is 5.00. The number of alkyl halides is 1. The van der Waals surface area contributed by atoms with Gasteiger partial charge in [0.05, 0.1) is 0 Å². The van der Waals surface area contributed by atoms with Crippen molar-refractivity contribution in [2.75, 3.05) is 5.88 Å². The van der Waals surface area contributed by atoms with E-state index in [2.05, 4.69) is 19.2 Å². The predicted molar refractivity (Wildman–Crippen MR) is 72.6 cm³/mol. The molecule has 1 aromatic rings. The van der Waals surface area contributed by atoms with Gasteiger partial charge in [0.2, 0.25) is 0 Å². The number of halogens is 3. The highest BCUT2D eigenvalue weighted by Gasteiger charge is 2.11. The van der Waals surface area contributed by atoms with Crippen LogP contribution in [0.5, 0.6) is 0 Å². The average Bonchev–Trinajstić information content (AvgIpc) is 2.21. The van der Waals surface area contributed by atoms with Crippen LogP contribution < -0.4 is 5.32 Å². The Morgan fingerprint density at radius 3 is 2.44 bits per heavy atom. The molecule has 0 saturated heterocycles. The van der Waals surface area contributed by atoms with Gasteiger partial charge in [-0.2, -0.15) is 0 Å². The molecular formula is C12H16Cl3N. The monoisotopic (exact) mass is 279 g/mol. The van der Waals surface area contributed by atoms with Crippen LogP contribution in [0.1, 0.15) is 19.4 Å². The second-order valence-corrected chi connectivity index (χ2v) is 5.27. The van der Waals surface area contributed by atoms with Gasteiger partial charge in [-0.3, -0.25) is 0 Å². The highest BCUT2D eigenvalue weighted by atomic mass is 35.5. The van der Waals surface area contributed by atoms with Gasteiger partial charge in [0.15, 0.2) is 0 Å². The first-order chi connectivity index (χ1) is 7.54. The van der Waals surface area contributed by atoms with Gasteiger partial charge in [-0.25, -0.2) is 0 Å². The van der Waals surface area contributed by atoms with E-state index in [0.717, 1.165) is 5.56 Å². The summed E-state index contributed by atoms with van der Waals surface area (Å²) in [5, 5.41) is 4.74. The second kappa shape index (κ2) is 6.70. The third-order valence-electron chi connectivity index (χ3n) is 2.54. The smallest absolute Gasteiger partial charge is 0.0465 e. The lowest BCUT2D eigenvalue weighted by molar-refractivity contribution is 0.430. The number of hydrogen-bond donors (Lipinski definition) is 1. The van der Waals surface area contributed by atoms with Crippen molar-refractivity contribution < 1.29 is 0 Å².